The van der Waals surface area contributed by atoms with E-state index in [2.05, 4.69) is 4.98 Å². The first kappa shape index (κ1) is 21.0. The second-order valence-electron chi connectivity index (χ2n) is 6.23. The number of nitrogens with zero attached hydrogens (tertiary/aromatic N) is 3. The van der Waals surface area contributed by atoms with Crippen LogP contribution >= 0.6 is 11.3 Å². The summed E-state index contributed by atoms with van der Waals surface area (Å²) in [5.41, 5.74) is 4.61. The largest absolute Gasteiger partial charge is 0.497 e. The van der Waals surface area contributed by atoms with E-state index in [1.807, 2.05) is 0 Å². The number of carbonyl (C=O) groups excluding carboxylic acids is 2. The molecule has 156 valence electrons. The number of hydrogen-bond donors (Lipinski definition) is 1. The zero-order valence-corrected chi connectivity index (χ0v) is 17.2. The summed E-state index contributed by atoms with van der Waals surface area (Å²) in [7, 11) is 4.12. The molecule has 0 radical (unpaired) electrons. The molecule has 0 saturated carbocycles. The van der Waals surface area contributed by atoms with Crippen LogP contribution in [0.4, 0.5) is 5.82 Å². The van der Waals surface area contributed by atoms with Gasteiger partial charge in [-0.1, -0.05) is 0 Å². The molecule has 2 aromatic heterocycles. The molecule has 0 aliphatic rings. The lowest BCUT2D eigenvalue weighted by Gasteiger charge is -2.10. The number of esters is 1. The average molecular weight is 430 g/mol. The number of hydrogen-bond acceptors (Lipinski definition) is 9. The number of anilines is 1. The van der Waals surface area contributed by atoms with Crippen LogP contribution in [0.15, 0.2) is 39.2 Å². The summed E-state index contributed by atoms with van der Waals surface area (Å²) in [4.78, 5) is 52.9. The van der Waals surface area contributed by atoms with Crippen LogP contribution in [0, 0.1) is 0 Å². The minimum absolute atomic E-state index is 0.0277. The van der Waals surface area contributed by atoms with Gasteiger partial charge in [0.25, 0.3) is 5.56 Å². The van der Waals surface area contributed by atoms with Gasteiger partial charge in [0.15, 0.2) is 12.3 Å². The summed E-state index contributed by atoms with van der Waals surface area (Å²) in [6.45, 7) is -0.716. The Kier molecular flexibility index (Phi) is 5.83. The highest BCUT2D eigenvalue weighted by Gasteiger charge is 2.22. The predicted octanol–water partition coefficient (Wildman–Crippen LogP) is 0.838. The van der Waals surface area contributed by atoms with Crippen LogP contribution in [0.1, 0.15) is 20.8 Å². The van der Waals surface area contributed by atoms with E-state index in [0.29, 0.717) is 10.8 Å². The molecular formula is C19H18N4O6S. The number of rotatable bonds is 6. The van der Waals surface area contributed by atoms with E-state index in [1.54, 1.807) is 31.4 Å². The topological polar surface area (TPSA) is 136 Å². The number of nitrogen functional groups attached to an aromatic ring is 1. The minimum Gasteiger partial charge on any atom is -0.497 e. The summed E-state index contributed by atoms with van der Waals surface area (Å²) in [6.07, 6.45) is 0. The molecule has 11 heteroatoms. The molecule has 2 heterocycles. The molecule has 0 saturated heterocycles. The van der Waals surface area contributed by atoms with Crippen LogP contribution in [-0.4, -0.2) is 39.6 Å². The summed E-state index contributed by atoms with van der Waals surface area (Å²) in [6, 6.07) is 7.14. The molecule has 10 nitrogen and oxygen atoms in total. The second-order valence-corrected chi connectivity index (χ2v) is 7.09. The van der Waals surface area contributed by atoms with E-state index in [0.717, 1.165) is 14.7 Å². The Morgan fingerprint density at radius 2 is 1.80 bits per heavy atom. The van der Waals surface area contributed by atoms with E-state index < -0.39 is 35.2 Å². The van der Waals surface area contributed by atoms with Gasteiger partial charge < -0.3 is 15.2 Å². The molecule has 0 aliphatic carbocycles. The molecule has 30 heavy (non-hydrogen) atoms. The number of methoxy groups -OCH3 is 1. The van der Waals surface area contributed by atoms with Gasteiger partial charge in [0.05, 0.1) is 7.11 Å². The third kappa shape index (κ3) is 3.87. The number of carbonyl (C=O) groups is 2. The van der Waals surface area contributed by atoms with Gasteiger partial charge in [-0.15, -0.1) is 11.3 Å². The van der Waals surface area contributed by atoms with Gasteiger partial charge in [-0.3, -0.25) is 18.7 Å². The van der Waals surface area contributed by atoms with Crippen molar-refractivity contribution in [3.8, 4) is 16.3 Å². The molecule has 0 atom stereocenters. The highest BCUT2D eigenvalue weighted by atomic mass is 32.1. The fraction of sp³-hybridized carbons (Fsp3) is 0.211. The van der Waals surface area contributed by atoms with Crippen molar-refractivity contribution in [2.45, 2.75) is 0 Å². The lowest BCUT2D eigenvalue weighted by atomic mass is 10.2. The van der Waals surface area contributed by atoms with Crippen LogP contribution in [-0.2, 0) is 18.8 Å². The first-order valence-electron chi connectivity index (χ1n) is 8.60. The molecule has 1 aromatic carbocycles. The standard InChI is InChI=1S/C19H18N4O6S/c1-22-15(20)14(17(25)23(2)19(22)27)13(24)8-29-18(26)12-9-30-16(21-12)10-4-6-11(28-3)7-5-10/h4-7,9H,8,20H2,1-3H3. The Morgan fingerprint density at radius 3 is 2.43 bits per heavy atom. The third-order valence-electron chi connectivity index (χ3n) is 4.37. The molecule has 3 aromatic rings. The molecule has 0 unspecified atom stereocenters. The lowest BCUT2D eigenvalue weighted by molar-refractivity contribution is 0.0469. The Labute approximate surface area is 174 Å². The number of ether oxygens (including phenoxy) is 2. The summed E-state index contributed by atoms with van der Waals surface area (Å²) in [5.74, 6) is -1.24. The molecule has 0 bridgehead atoms. The van der Waals surface area contributed by atoms with E-state index in [1.165, 1.54) is 30.8 Å². The van der Waals surface area contributed by atoms with E-state index in [4.69, 9.17) is 15.2 Å². The van der Waals surface area contributed by atoms with Gasteiger partial charge in [0.1, 0.15) is 22.1 Å². The van der Waals surface area contributed by atoms with Gasteiger partial charge in [0.2, 0.25) is 5.78 Å². The van der Waals surface area contributed by atoms with Crippen LogP contribution < -0.4 is 21.7 Å². The summed E-state index contributed by atoms with van der Waals surface area (Å²) < 4.78 is 11.8. The van der Waals surface area contributed by atoms with Crippen LogP contribution in [0.5, 0.6) is 5.75 Å². The maximum Gasteiger partial charge on any atom is 0.358 e. The normalized spacial score (nSPS) is 10.6. The molecule has 0 spiro atoms. The molecular weight excluding hydrogens is 412 g/mol. The summed E-state index contributed by atoms with van der Waals surface area (Å²) >= 11 is 1.24. The van der Waals surface area contributed by atoms with Gasteiger partial charge >= 0.3 is 11.7 Å². The van der Waals surface area contributed by atoms with Crippen molar-refractivity contribution >= 4 is 28.9 Å². The number of Topliss-reactive ketones (excluding diaryl/α,β-unsaturated/α-hetero) is 1. The Bertz CT molecular complexity index is 1240. The van der Waals surface area contributed by atoms with Gasteiger partial charge in [-0.25, -0.2) is 14.6 Å². The number of aromatic nitrogens is 3. The van der Waals surface area contributed by atoms with Crippen molar-refractivity contribution in [2.75, 3.05) is 19.5 Å². The van der Waals surface area contributed by atoms with Crippen molar-refractivity contribution in [1.82, 2.24) is 14.1 Å². The maximum absolute atomic E-state index is 12.4. The van der Waals surface area contributed by atoms with E-state index >= 15 is 0 Å². The Balaban J connectivity index is 1.74. The molecule has 0 amide bonds. The first-order chi connectivity index (χ1) is 14.2. The monoisotopic (exact) mass is 430 g/mol. The number of thiazole rings is 1. The number of nitrogens with two attached hydrogens (primary N) is 1. The van der Waals surface area contributed by atoms with Crippen molar-refractivity contribution in [1.29, 1.82) is 0 Å². The third-order valence-corrected chi connectivity index (χ3v) is 5.26. The molecule has 0 fully saturated rings. The van der Waals surface area contributed by atoms with Crippen LogP contribution in [0.25, 0.3) is 10.6 Å². The van der Waals surface area contributed by atoms with Crippen molar-refractivity contribution in [3.05, 3.63) is 61.7 Å². The van der Waals surface area contributed by atoms with Gasteiger partial charge in [-0.2, -0.15) is 0 Å². The van der Waals surface area contributed by atoms with Crippen molar-refractivity contribution < 1.29 is 19.1 Å². The molecule has 3 rings (SSSR count). The quantitative estimate of drug-likeness (QED) is 0.449. The molecule has 0 aliphatic heterocycles. The fourth-order valence-electron chi connectivity index (χ4n) is 2.63. The minimum atomic E-state index is -0.855. The van der Waals surface area contributed by atoms with Crippen molar-refractivity contribution in [2.24, 2.45) is 14.1 Å². The van der Waals surface area contributed by atoms with E-state index in [-0.39, 0.29) is 11.5 Å². The van der Waals surface area contributed by atoms with Crippen molar-refractivity contribution in [3.63, 3.8) is 0 Å². The predicted molar refractivity (Wildman–Crippen MR) is 110 cm³/mol. The van der Waals surface area contributed by atoms with Gasteiger partial charge in [-0.05, 0) is 24.3 Å². The Morgan fingerprint density at radius 1 is 1.13 bits per heavy atom. The number of benzene rings is 1. The first-order valence-corrected chi connectivity index (χ1v) is 9.48. The lowest BCUT2D eigenvalue weighted by Crippen LogP contribution is -2.42. The smallest absolute Gasteiger partial charge is 0.358 e. The Hall–Kier alpha value is -3.73. The zero-order chi connectivity index (χ0) is 22.0. The van der Waals surface area contributed by atoms with Crippen LogP contribution in [0.3, 0.4) is 0 Å². The number of ketones is 1. The second kappa shape index (κ2) is 8.33. The zero-order valence-electron chi connectivity index (χ0n) is 16.4. The maximum atomic E-state index is 12.4. The van der Waals surface area contributed by atoms with E-state index in [9.17, 15) is 19.2 Å². The van der Waals surface area contributed by atoms with Crippen LogP contribution in [0.2, 0.25) is 0 Å². The molecule has 2 N–H and O–H groups in total. The fourth-order valence-corrected chi connectivity index (χ4v) is 3.43. The highest BCUT2D eigenvalue weighted by molar-refractivity contribution is 7.13. The average Bonchev–Trinajstić information content (AvgIpc) is 3.25. The highest BCUT2D eigenvalue weighted by Crippen LogP contribution is 2.26. The summed E-state index contributed by atoms with van der Waals surface area (Å²) in [5, 5.41) is 2.10. The van der Waals surface area contributed by atoms with Gasteiger partial charge in [0, 0.05) is 25.0 Å². The SMILES string of the molecule is COc1ccc(-c2nc(C(=O)OCC(=O)c3c(N)n(C)c(=O)n(C)c3=O)cs2)cc1.